The van der Waals surface area contributed by atoms with Gasteiger partial charge in [0.25, 0.3) is 0 Å². The number of hydrogen-bond donors (Lipinski definition) is 1. The van der Waals surface area contributed by atoms with Gasteiger partial charge in [-0.15, -0.1) is 0 Å². The molecule has 6 rings (SSSR count). The number of rotatable bonds is 6. The number of H-pyrrole nitrogens is 1. The first-order valence-corrected chi connectivity index (χ1v) is 13.0. The van der Waals surface area contributed by atoms with Crippen LogP contribution in [-0.4, -0.2) is 73.6 Å². The lowest BCUT2D eigenvalue weighted by molar-refractivity contribution is 0.0234. The third-order valence-corrected chi connectivity index (χ3v) is 7.44. The lowest BCUT2D eigenvalue weighted by atomic mass is 10.1. The molecule has 36 heavy (non-hydrogen) atoms. The standard InChI is InChI=1S/C27H33N7O2/c1-3-33-8-4-21(5-9-33)34-17-20(14-31-34)23-15-28-26-25(23)32-24(16-29-26)19-12-18(2)27(30-13-19)36-22-6-10-35-11-7-22/h12-17,21-22H,3-11H2,1-2H3,(H,28,29). The van der Waals surface area contributed by atoms with Crippen molar-refractivity contribution in [3.8, 4) is 28.3 Å². The van der Waals surface area contributed by atoms with Gasteiger partial charge in [0, 0.05) is 66.8 Å². The van der Waals surface area contributed by atoms with Crippen molar-refractivity contribution in [2.24, 2.45) is 0 Å². The maximum atomic E-state index is 6.13. The summed E-state index contributed by atoms with van der Waals surface area (Å²) in [7, 11) is 0. The van der Waals surface area contributed by atoms with Gasteiger partial charge in [-0.2, -0.15) is 5.10 Å². The zero-order valence-corrected chi connectivity index (χ0v) is 21.0. The number of aromatic nitrogens is 6. The molecule has 9 nitrogen and oxygen atoms in total. The van der Waals surface area contributed by atoms with Gasteiger partial charge >= 0.3 is 0 Å². The van der Waals surface area contributed by atoms with Gasteiger partial charge in [0.05, 0.1) is 37.3 Å². The Labute approximate surface area is 210 Å². The first kappa shape index (κ1) is 23.1. The summed E-state index contributed by atoms with van der Waals surface area (Å²) in [6.45, 7) is 9.12. The molecule has 0 atom stereocenters. The molecule has 0 aromatic carbocycles. The van der Waals surface area contributed by atoms with Crippen molar-refractivity contribution >= 4 is 11.2 Å². The Balaban J connectivity index is 1.24. The molecule has 0 bridgehead atoms. The van der Waals surface area contributed by atoms with Crippen molar-refractivity contribution in [2.75, 3.05) is 32.8 Å². The predicted octanol–water partition coefficient (Wildman–Crippen LogP) is 4.41. The Bertz CT molecular complexity index is 1330. The molecule has 188 valence electrons. The zero-order chi connectivity index (χ0) is 24.5. The molecule has 0 amide bonds. The molecular formula is C27H33N7O2. The average Bonchev–Trinajstić information content (AvgIpc) is 3.57. The third kappa shape index (κ3) is 4.60. The Morgan fingerprint density at radius 3 is 2.67 bits per heavy atom. The molecule has 2 fully saturated rings. The summed E-state index contributed by atoms with van der Waals surface area (Å²) in [4.78, 5) is 20.0. The summed E-state index contributed by atoms with van der Waals surface area (Å²) in [5.41, 5.74) is 6.38. The number of ether oxygens (including phenoxy) is 2. The Kier molecular flexibility index (Phi) is 6.41. The molecule has 0 spiro atoms. The molecule has 4 aromatic heterocycles. The number of aryl methyl sites for hydroxylation is 1. The molecule has 0 unspecified atom stereocenters. The van der Waals surface area contributed by atoms with E-state index in [-0.39, 0.29) is 6.10 Å². The Morgan fingerprint density at radius 1 is 1.06 bits per heavy atom. The van der Waals surface area contributed by atoms with Crippen molar-refractivity contribution in [2.45, 2.75) is 51.7 Å². The first-order chi connectivity index (χ1) is 17.7. The normalized spacial score (nSPS) is 18.2. The summed E-state index contributed by atoms with van der Waals surface area (Å²) in [6.07, 6.45) is 13.9. The lowest BCUT2D eigenvalue weighted by Gasteiger charge is -2.31. The highest BCUT2D eigenvalue weighted by atomic mass is 16.5. The van der Waals surface area contributed by atoms with Crippen LogP contribution in [0.4, 0.5) is 0 Å². The van der Waals surface area contributed by atoms with Gasteiger partial charge in [-0.1, -0.05) is 6.92 Å². The van der Waals surface area contributed by atoms with Gasteiger partial charge in [0.2, 0.25) is 5.88 Å². The van der Waals surface area contributed by atoms with Crippen molar-refractivity contribution in [3.63, 3.8) is 0 Å². The van der Waals surface area contributed by atoms with Crippen LogP contribution in [0.1, 0.15) is 44.2 Å². The second-order valence-electron chi connectivity index (χ2n) is 9.80. The van der Waals surface area contributed by atoms with Gasteiger partial charge in [-0.3, -0.25) is 4.68 Å². The van der Waals surface area contributed by atoms with Gasteiger partial charge in [0.15, 0.2) is 5.65 Å². The smallest absolute Gasteiger partial charge is 0.216 e. The monoisotopic (exact) mass is 487 g/mol. The fraction of sp³-hybridized carbons (Fsp3) is 0.481. The molecule has 2 aliphatic heterocycles. The lowest BCUT2D eigenvalue weighted by Crippen LogP contribution is -2.34. The maximum Gasteiger partial charge on any atom is 0.216 e. The molecule has 4 aromatic rings. The van der Waals surface area contributed by atoms with Crippen LogP contribution in [0.15, 0.2) is 37.1 Å². The van der Waals surface area contributed by atoms with E-state index in [1.165, 1.54) is 0 Å². The fourth-order valence-electron chi connectivity index (χ4n) is 5.20. The first-order valence-electron chi connectivity index (χ1n) is 13.0. The van der Waals surface area contributed by atoms with Crippen LogP contribution in [0.25, 0.3) is 33.5 Å². The average molecular weight is 488 g/mol. The van der Waals surface area contributed by atoms with E-state index in [4.69, 9.17) is 19.6 Å². The van der Waals surface area contributed by atoms with Gasteiger partial charge < -0.3 is 19.4 Å². The summed E-state index contributed by atoms with van der Waals surface area (Å²) >= 11 is 0. The summed E-state index contributed by atoms with van der Waals surface area (Å²) in [5, 5.41) is 4.71. The van der Waals surface area contributed by atoms with Gasteiger partial charge in [-0.25, -0.2) is 15.0 Å². The third-order valence-electron chi connectivity index (χ3n) is 7.44. The molecule has 0 saturated carbocycles. The van der Waals surface area contributed by atoms with E-state index in [1.54, 1.807) is 6.20 Å². The van der Waals surface area contributed by atoms with Crippen molar-refractivity contribution in [1.29, 1.82) is 0 Å². The van der Waals surface area contributed by atoms with E-state index in [9.17, 15) is 0 Å². The molecule has 0 aliphatic carbocycles. The molecule has 9 heteroatoms. The number of pyridine rings is 1. The number of hydrogen-bond acceptors (Lipinski definition) is 7. The minimum absolute atomic E-state index is 0.162. The van der Waals surface area contributed by atoms with Crippen LogP contribution >= 0.6 is 0 Å². The van der Waals surface area contributed by atoms with Crippen molar-refractivity contribution in [3.05, 3.63) is 42.6 Å². The fourth-order valence-corrected chi connectivity index (χ4v) is 5.20. The number of likely N-dealkylation sites (tertiary alicyclic amines) is 1. The van der Waals surface area contributed by atoms with E-state index in [0.29, 0.717) is 11.9 Å². The van der Waals surface area contributed by atoms with Crippen LogP contribution in [0, 0.1) is 6.92 Å². The Hall–Kier alpha value is -3.30. The highest BCUT2D eigenvalue weighted by Crippen LogP contribution is 2.31. The topological polar surface area (TPSA) is 94.0 Å². The maximum absolute atomic E-state index is 6.13. The van der Waals surface area contributed by atoms with Crippen LogP contribution < -0.4 is 4.74 Å². The number of nitrogens with one attached hydrogen (secondary N) is 1. The SMILES string of the molecule is CCN1CCC(n2cc(-c3c[nH]c4ncc(-c5cnc(OC6CCOCC6)c(C)c5)nc34)cn2)CC1. The van der Waals surface area contributed by atoms with E-state index < -0.39 is 0 Å². The number of aromatic amines is 1. The number of fused-ring (bicyclic) bond motifs is 1. The quantitative estimate of drug-likeness (QED) is 0.431. The second-order valence-corrected chi connectivity index (χ2v) is 9.80. The van der Waals surface area contributed by atoms with Crippen LogP contribution in [0.5, 0.6) is 5.88 Å². The molecule has 6 heterocycles. The van der Waals surface area contributed by atoms with Gasteiger partial charge in [-0.05, 0) is 32.4 Å². The largest absolute Gasteiger partial charge is 0.474 e. The van der Waals surface area contributed by atoms with Crippen molar-refractivity contribution < 1.29 is 9.47 Å². The minimum atomic E-state index is 0.162. The molecular weight excluding hydrogens is 454 g/mol. The van der Waals surface area contributed by atoms with Crippen LogP contribution in [0.2, 0.25) is 0 Å². The highest BCUT2D eigenvalue weighted by molar-refractivity contribution is 5.91. The highest BCUT2D eigenvalue weighted by Gasteiger charge is 2.21. The van der Waals surface area contributed by atoms with E-state index >= 15 is 0 Å². The van der Waals surface area contributed by atoms with Crippen molar-refractivity contribution in [1.82, 2.24) is 34.6 Å². The molecule has 2 aliphatic rings. The summed E-state index contributed by atoms with van der Waals surface area (Å²) in [6, 6.07) is 2.52. The molecule has 0 radical (unpaired) electrons. The zero-order valence-electron chi connectivity index (χ0n) is 21.0. The van der Waals surface area contributed by atoms with E-state index in [2.05, 4.69) is 43.7 Å². The number of nitrogens with zero attached hydrogens (tertiary/aromatic N) is 6. The summed E-state index contributed by atoms with van der Waals surface area (Å²) < 4.78 is 13.7. The Morgan fingerprint density at radius 2 is 1.89 bits per heavy atom. The van der Waals surface area contributed by atoms with E-state index in [1.807, 2.05) is 25.5 Å². The predicted molar refractivity (Wildman–Crippen MR) is 138 cm³/mol. The van der Waals surface area contributed by atoms with Crippen LogP contribution in [0.3, 0.4) is 0 Å². The summed E-state index contributed by atoms with van der Waals surface area (Å²) in [5.74, 6) is 0.680. The molecule has 1 N–H and O–H groups in total. The molecule has 2 saturated heterocycles. The second kappa shape index (κ2) is 9.99. The van der Waals surface area contributed by atoms with Crippen LogP contribution in [-0.2, 0) is 4.74 Å². The van der Waals surface area contributed by atoms with E-state index in [0.717, 1.165) is 97.6 Å². The van der Waals surface area contributed by atoms with Gasteiger partial charge in [0.1, 0.15) is 11.6 Å². The minimum Gasteiger partial charge on any atom is -0.474 e. The number of piperidine rings is 1.